The van der Waals surface area contributed by atoms with Crippen molar-refractivity contribution in [1.82, 2.24) is 19.6 Å². The van der Waals surface area contributed by atoms with Crippen molar-refractivity contribution in [1.29, 1.82) is 0 Å². The van der Waals surface area contributed by atoms with Gasteiger partial charge >= 0.3 is 0 Å². The van der Waals surface area contributed by atoms with E-state index in [4.69, 9.17) is 12.2 Å². The summed E-state index contributed by atoms with van der Waals surface area (Å²) in [5.74, 6) is -0.481. The number of fused-ring (bicyclic) bond motifs is 1. The lowest BCUT2D eigenvalue weighted by Crippen LogP contribution is -1.96. The molecule has 0 unspecified atom stereocenters. The van der Waals surface area contributed by atoms with Gasteiger partial charge in [0.25, 0.3) is 0 Å². The highest BCUT2D eigenvalue weighted by Crippen LogP contribution is 2.15. The first-order valence-electron chi connectivity index (χ1n) is 3.39. The number of aromatic nitrogens is 4. The van der Waals surface area contributed by atoms with E-state index < -0.39 is 5.82 Å². The Kier molecular flexibility index (Phi) is 2.04. The summed E-state index contributed by atoms with van der Waals surface area (Å²) in [6.07, 6.45) is 2.98. The molecule has 2 heterocycles. The van der Waals surface area contributed by atoms with Gasteiger partial charge in [-0.05, 0) is 18.5 Å². The molecular formula is C6H5FN4S2. The van der Waals surface area contributed by atoms with Crippen LogP contribution in [0, 0.1) is 10.6 Å². The molecule has 0 spiro atoms. The van der Waals surface area contributed by atoms with Gasteiger partial charge in [-0.2, -0.15) is 5.10 Å². The zero-order valence-corrected chi connectivity index (χ0v) is 8.25. The molecular weight excluding hydrogens is 211 g/mol. The number of nitrogens with one attached hydrogen (secondary N) is 1. The monoisotopic (exact) mass is 216 g/mol. The molecule has 1 N–H and O–H groups in total. The van der Waals surface area contributed by atoms with Crippen molar-refractivity contribution < 1.29 is 4.39 Å². The molecule has 0 aromatic carbocycles. The smallest absolute Gasteiger partial charge is 0.201 e. The Morgan fingerprint density at radius 3 is 3.15 bits per heavy atom. The van der Waals surface area contributed by atoms with Crippen LogP contribution in [-0.4, -0.2) is 25.8 Å². The van der Waals surface area contributed by atoms with E-state index in [1.807, 2.05) is 6.26 Å². The van der Waals surface area contributed by atoms with E-state index in [1.165, 1.54) is 16.2 Å². The molecule has 0 aliphatic rings. The maximum absolute atomic E-state index is 13.1. The quantitative estimate of drug-likeness (QED) is 0.447. The van der Waals surface area contributed by atoms with Crippen LogP contribution in [0.25, 0.3) is 5.65 Å². The molecule has 2 aromatic rings. The zero-order valence-electron chi connectivity index (χ0n) is 6.61. The van der Waals surface area contributed by atoms with E-state index in [1.54, 1.807) is 0 Å². The van der Waals surface area contributed by atoms with Crippen LogP contribution in [0.15, 0.2) is 11.4 Å². The highest BCUT2D eigenvalue weighted by Gasteiger charge is 2.08. The van der Waals surface area contributed by atoms with Gasteiger partial charge in [0, 0.05) is 0 Å². The van der Waals surface area contributed by atoms with Crippen molar-refractivity contribution >= 4 is 29.6 Å². The maximum Gasteiger partial charge on any atom is 0.201 e. The van der Waals surface area contributed by atoms with Crippen LogP contribution in [0.5, 0.6) is 0 Å². The average Bonchev–Trinajstić information content (AvgIpc) is 2.51. The van der Waals surface area contributed by atoms with Gasteiger partial charge in [0.15, 0.2) is 16.6 Å². The predicted molar refractivity (Wildman–Crippen MR) is 49.9 cm³/mol. The van der Waals surface area contributed by atoms with Crippen LogP contribution in [-0.2, 0) is 0 Å². The van der Waals surface area contributed by atoms with E-state index in [2.05, 4.69) is 15.2 Å². The van der Waals surface area contributed by atoms with Crippen molar-refractivity contribution in [2.24, 2.45) is 0 Å². The molecule has 0 saturated carbocycles. The number of rotatable bonds is 1. The minimum Gasteiger partial charge on any atom is -0.251 e. The first-order chi connectivity index (χ1) is 6.24. The van der Waals surface area contributed by atoms with E-state index >= 15 is 0 Å². The summed E-state index contributed by atoms with van der Waals surface area (Å²) in [5, 5.41) is 6.88. The van der Waals surface area contributed by atoms with Gasteiger partial charge in [0.1, 0.15) is 0 Å². The van der Waals surface area contributed by atoms with Crippen LogP contribution < -0.4 is 0 Å². The Hall–Kier alpha value is -0.950. The minimum absolute atomic E-state index is 0.185. The van der Waals surface area contributed by atoms with Crippen molar-refractivity contribution in [2.75, 3.05) is 6.26 Å². The van der Waals surface area contributed by atoms with Crippen molar-refractivity contribution in [3.63, 3.8) is 0 Å². The fourth-order valence-corrected chi connectivity index (χ4v) is 1.80. The molecule has 7 heteroatoms. The topological polar surface area (TPSA) is 46.0 Å². The summed E-state index contributed by atoms with van der Waals surface area (Å²) in [5.41, 5.74) is 0.185. The molecule has 4 nitrogen and oxygen atoms in total. The SMILES string of the molecule is CSc1ncc(F)c2n[nH]c(=S)n12. The molecule has 0 fully saturated rings. The fraction of sp³-hybridized carbons (Fsp3) is 0.167. The minimum atomic E-state index is -0.481. The van der Waals surface area contributed by atoms with Crippen LogP contribution >= 0.6 is 24.0 Å². The summed E-state index contributed by atoms with van der Waals surface area (Å²) in [6.45, 7) is 0. The Labute approximate surface area is 82.2 Å². The number of nitrogens with zero attached hydrogens (tertiary/aromatic N) is 3. The van der Waals surface area contributed by atoms with Crippen molar-refractivity contribution in [3.05, 3.63) is 16.8 Å². The first kappa shape index (κ1) is 8.64. The Morgan fingerprint density at radius 2 is 2.46 bits per heavy atom. The molecule has 0 saturated heterocycles. The van der Waals surface area contributed by atoms with Crippen LogP contribution in [0.3, 0.4) is 0 Å². The third-order valence-corrected chi connectivity index (χ3v) is 2.48. The first-order valence-corrected chi connectivity index (χ1v) is 5.03. The number of H-pyrrole nitrogens is 1. The number of hydrogen-bond acceptors (Lipinski definition) is 4. The third-order valence-electron chi connectivity index (χ3n) is 1.55. The summed E-state index contributed by atoms with van der Waals surface area (Å²) >= 11 is 6.31. The highest BCUT2D eigenvalue weighted by atomic mass is 32.2. The Morgan fingerprint density at radius 1 is 1.69 bits per heavy atom. The van der Waals surface area contributed by atoms with Gasteiger partial charge in [-0.25, -0.2) is 13.8 Å². The second-order valence-electron chi connectivity index (χ2n) is 2.28. The van der Waals surface area contributed by atoms with Gasteiger partial charge in [-0.1, -0.05) is 11.8 Å². The second-order valence-corrected chi connectivity index (χ2v) is 3.44. The largest absolute Gasteiger partial charge is 0.251 e. The molecule has 0 radical (unpaired) electrons. The molecule has 0 amide bonds. The van der Waals surface area contributed by atoms with Crippen LogP contribution in [0.2, 0.25) is 0 Å². The summed E-state index contributed by atoms with van der Waals surface area (Å²) in [6, 6.07) is 0. The summed E-state index contributed by atoms with van der Waals surface area (Å²) in [4.78, 5) is 3.88. The molecule has 0 atom stereocenters. The normalized spacial score (nSPS) is 10.9. The van der Waals surface area contributed by atoms with Gasteiger partial charge in [-0.3, -0.25) is 5.10 Å². The molecule has 0 bridgehead atoms. The molecule has 0 aliphatic carbocycles. The summed E-state index contributed by atoms with van der Waals surface area (Å²) < 4.78 is 14.9. The number of thioether (sulfide) groups is 1. The average molecular weight is 216 g/mol. The van der Waals surface area contributed by atoms with Crippen LogP contribution in [0.1, 0.15) is 0 Å². The lowest BCUT2D eigenvalue weighted by Gasteiger charge is -1.98. The Balaban J connectivity index is 2.97. The lowest BCUT2D eigenvalue weighted by molar-refractivity contribution is 0.612. The standard InChI is InChI=1S/C6H5FN4S2/c1-13-6-8-2-3(7)4-9-10-5(12)11(4)6/h2H,1H3,(H,10,12). The molecule has 68 valence electrons. The number of hydrogen-bond donors (Lipinski definition) is 1. The number of halogens is 1. The molecule has 0 aliphatic heterocycles. The second kappa shape index (κ2) is 3.08. The van der Waals surface area contributed by atoms with Crippen LogP contribution in [0.4, 0.5) is 4.39 Å². The lowest BCUT2D eigenvalue weighted by atomic mass is 10.6. The van der Waals surface area contributed by atoms with Crippen molar-refractivity contribution in [3.8, 4) is 0 Å². The van der Waals surface area contributed by atoms with Gasteiger partial charge in [-0.15, -0.1) is 0 Å². The number of aromatic amines is 1. The fourth-order valence-electron chi connectivity index (χ4n) is 1.01. The Bertz CT molecular complexity index is 503. The highest BCUT2D eigenvalue weighted by molar-refractivity contribution is 7.98. The van der Waals surface area contributed by atoms with Gasteiger partial charge < -0.3 is 0 Å². The maximum atomic E-state index is 13.1. The predicted octanol–water partition coefficient (Wildman–Crippen LogP) is 1.65. The third kappa shape index (κ3) is 1.24. The zero-order chi connectivity index (χ0) is 9.42. The molecule has 13 heavy (non-hydrogen) atoms. The van der Waals surface area contributed by atoms with E-state index in [0.29, 0.717) is 9.93 Å². The van der Waals surface area contributed by atoms with E-state index in [9.17, 15) is 4.39 Å². The van der Waals surface area contributed by atoms with E-state index in [-0.39, 0.29) is 5.65 Å². The van der Waals surface area contributed by atoms with Gasteiger partial charge in [0.05, 0.1) is 6.20 Å². The van der Waals surface area contributed by atoms with Gasteiger partial charge in [0.2, 0.25) is 4.77 Å². The molecule has 2 aromatic heterocycles. The molecule has 2 rings (SSSR count). The summed E-state index contributed by atoms with van der Waals surface area (Å²) in [7, 11) is 0. The van der Waals surface area contributed by atoms with E-state index in [0.717, 1.165) is 6.20 Å². The van der Waals surface area contributed by atoms with Crippen molar-refractivity contribution in [2.45, 2.75) is 5.16 Å².